The number of thiazole rings is 1. The molecule has 2 aromatic rings. The lowest BCUT2D eigenvalue weighted by molar-refractivity contribution is -0.133. The summed E-state index contributed by atoms with van der Waals surface area (Å²) in [6.07, 6.45) is 3.00. The van der Waals surface area contributed by atoms with Crippen molar-refractivity contribution in [1.29, 1.82) is 0 Å². The van der Waals surface area contributed by atoms with Gasteiger partial charge in [-0.2, -0.15) is 0 Å². The van der Waals surface area contributed by atoms with E-state index in [0.717, 1.165) is 56.4 Å². The van der Waals surface area contributed by atoms with Crippen LogP contribution in [0, 0.1) is 0 Å². The smallest absolute Gasteiger partial charge is 0.224 e. The summed E-state index contributed by atoms with van der Waals surface area (Å²) in [6.45, 7) is 5.46. The molecule has 0 aliphatic carbocycles. The van der Waals surface area contributed by atoms with Gasteiger partial charge in [-0.3, -0.25) is 9.69 Å². The number of hydrogen-bond donors (Lipinski definition) is 1. The van der Waals surface area contributed by atoms with Crippen molar-refractivity contribution >= 4 is 42.1 Å². The highest BCUT2D eigenvalue weighted by Crippen LogP contribution is 2.24. The minimum absolute atomic E-state index is 0. The topological polar surface area (TPSA) is 48.5 Å². The van der Waals surface area contributed by atoms with Gasteiger partial charge in [0.1, 0.15) is 5.01 Å². The van der Waals surface area contributed by atoms with E-state index in [-0.39, 0.29) is 24.8 Å². The molecule has 2 aliphatic heterocycles. The summed E-state index contributed by atoms with van der Waals surface area (Å²) in [7, 11) is 0. The van der Waals surface area contributed by atoms with Crippen LogP contribution in [-0.2, 0) is 11.3 Å². The third-order valence-electron chi connectivity index (χ3n) is 5.27. The van der Waals surface area contributed by atoms with Crippen LogP contribution in [0.4, 0.5) is 0 Å². The summed E-state index contributed by atoms with van der Waals surface area (Å²) in [5.41, 5.74) is 2.31. The maximum Gasteiger partial charge on any atom is 0.224 e. The van der Waals surface area contributed by atoms with Crippen LogP contribution < -0.4 is 5.32 Å². The van der Waals surface area contributed by atoms with Crippen LogP contribution in [0.5, 0.6) is 0 Å². The van der Waals surface area contributed by atoms with E-state index in [1.165, 1.54) is 12.0 Å². The lowest BCUT2D eigenvalue weighted by Gasteiger charge is -2.34. The van der Waals surface area contributed by atoms with Crippen molar-refractivity contribution in [1.82, 2.24) is 20.1 Å². The molecule has 8 heteroatoms. The molecule has 2 aliphatic rings. The fraction of sp³-hybridized carbons (Fsp3) is 0.500. The summed E-state index contributed by atoms with van der Waals surface area (Å²) in [5, 5.41) is 6.66. The van der Waals surface area contributed by atoms with Crippen molar-refractivity contribution in [2.75, 3.05) is 32.7 Å². The first-order chi connectivity index (χ1) is 12.8. The second-order valence-electron chi connectivity index (χ2n) is 7.16. The molecule has 154 valence electrons. The Morgan fingerprint density at radius 3 is 2.57 bits per heavy atom. The van der Waals surface area contributed by atoms with Crippen LogP contribution in [-0.4, -0.2) is 59.5 Å². The van der Waals surface area contributed by atoms with Crippen LogP contribution >= 0.6 is 36.2 Å². The Hall–Kier alpha value is -1.18. The molecule has 0 radical (unpaired) electrons. The molecular weight excluding hydrogens is 415 g/mol. The molecule has 1 unspecified atom stereocenters. The molecule has 1 N–H and O–H groups in total. The third-order valence-corrected chi connectivity index (χ3v) is 6.21. The molecule has 1 atom stereocenters. The Kier molecular flexibility index (Phi) is 9.18. The van der Waals surface area contributed by atoms with Crippen LogP contribution in [0.15, 0.2) is 35.7 Å². The van der Waals surface area contributed by atoms with Gasteiger partial charge in [0.2, 0.25) is 5.91 Å². The lowest BCUT2D eigenvalue weighted by atomic mass is 10.1. The summed E-state index contributed by atoms with van der Waals surface area (Å²) < 4.78 is 0. The monoisotopic (exact) mass is 442 g/mol. The van der Waals surface area contributed by atoms with Crippen LogP contribution in [0.3, 0.4) is 0 Å². The van der Waals surface area contributed by atoms with Gasteiger partial charge >= 0.3 is 0 Å². The van der Waals surface area contributed by atoms with E-state index in [4.69, 9.17) is 4.98 Å². The zero-order valence-electron chi connectivity index (χ0n) is 15.9. The van der Waals surface area contributed by atoms with Crippen molar-refractivity contribution in [3.63, 3.8) is 0 Å². The number of halogens is 2. The van der Waals surface area contributed by atoms with Crippen LogP contribution in [0.1, 0.15) is 25.0 Å². The van der Waals surface area contributed by atoms with Crippen molar-refractivity contribution < 1.29 is 4.79 Å². The molecule has 0 bridgehead atoms. The van der Waals surface area contributed by atoms with Gasteiger partial charge in [0.25, 0.3) is 0 Å². The Bertz CT molecular complexity index is 729. The summed E-state index contributed by atoms with van der Waals surface area (Å²) in [6, 6.07) is 10.7. The van der Waals surface area contributed by atoms with Crippen molar-refractivity contribution in [3.05, 3.63) is 41.4 Å². The molecule has 1 amide bonds. The maximum absolute atomic E-state index is 12.4. The van der Waals surface area contributed by atoms with Crippen molar-refractivity contribution in [2.45, 2.75) is 31.8 Å². The van der Waals surface area contributed by atoms with Crippen molar-refractivity contribution in [3.8, 4) is 10.6 Å². The predicted molar refractivity (Wildman–Crippen MR) is 120 cm³/mol. The van der Waals surface area contributed by atoms with E-state index in [2.05, 4.69) is 27.7 Å². The quantitative estimate of drug-likeness (QED) is 0.769. The zero-order chi connectivity index (χ0) is 17.8. The number of piperazine rings is 1. The van der Waals surface area contributed by atoms with Gasteiger partial charge in [-0.25, -0.2) is 4.98 Å². The van der Waals surface area contributed by atoms with Gasteiger partial charge < -0.3 is 10.2 Å². The van der Waals surface area contributed by atoms with Gasteiger partial charge in [-0.05, 0) is 19.4 Å². The fourth-order valence-electron chi connectivity index (χ4n) is 3.75. The first kappa shape index (κ1) is 23.1. The highest BCUT2D eigenvalue weighted by atomic mass is 35.5. The molecule has 0 spiro atoms. The van der Waals surface area contributed by atoms with E-state index in [1.54, 1.807) is 11.3 Å². The average molecular weight is 443 g/mol. The molecule has 3 heterocycles. The largest absolute Gasteiger partial charge is 0.340 e. The van der Waals surface area contributed by atoms with Gasteiger partial charge in [0.15, 0.2) is 0 Å². The lowest BCUT2D eigenvalue weighted by Crippen LogP contribution is -2.49. The third kappa shape index (κ3) is 5.91. The molecule has 2 saturated heterocycles. The Morgan fingerprint density at radius 1 is 1.14 bits per heavy atom. The number of aromatic nitrogens is 1. The van der Waals surface area contributed by atoms with E-state index < -0.39 is 0 Å². The molecule has 0 saturated carbocycles. The van der Waals surface area contributed by atoms with Crippen molar-refractivity contribution in [2.24, 2.45) is 0 Å². The zero-order valence-corrected chi connectivity index (χ0v) is 18.3. The number of rotatable bonds is 5. The number of carbonyl (C=O) groups is 1. The minimum atomic E-state index is 0. The Morgan fingerprint density at radius 2 is 1.89 bits per heavy atom. The molecule has 2 fully saturated rings. The molecule has 28 heavy (non-hydrogen) atoms. The number of benzene rings is 1. The first-order valence-corrected chi connectivity index (χ1v) is 10.4. The fourth-order valence-corrected chi connectivity index (χ4v) is 4.57. The van der Waals surface area contributed by atoms with E-state index >= 15 is 0 Å². The van der Waals surface area contributed by atoms with Crippen LogP contribution in [0.25, 0.3) is 10.6 Å². The minimum Gasteiger partial charge on any atom is -0.340 e. The van der Waals surface area contributed by atoms with E-state index in [9.17, 15) is 4.79 Å². The molecular formula is C20H28Cl2N4OS. The van der Waals surface area contributed by atoms with Gasteiger partial charge in [-0.1, -0.05) is 30.3 Å². The van der Waals surface area contributed by atoms with Gasteiger partial charge in [0.05, 0.1) is 5.69 Å². The number of nitrogens with one attached hydrogen (secondary N) is 1. The molecule has 5 nitrogen and oxygen atoms in total. The van der Waals surface area contributed by atoms with Gasteiger partial charge in [-0.15, -0.1) is 36.2 Å². The Labute approximate surface area is 183 Å². The predicted octanol–water partition coefficient (Wildman–Crippen LogP) is 3.44. The number of nitrogens with zero attached hydrogens (tertiary/aromatic N) is 3. The maximum atomic E-state index is 12.4. The highest BCUT2D eigenvalue weighted by molar-refractivity contribution is 7.13. The summed E-state index contributed by atoms with van der Waals surface area (Å²) >= 11 is 1.71. The standard InChI is InChI=1S/C20H26N4OS.2ClH/c25-19(13-17-7-4-8-21-17)24-11-9-23(10-12-24)14-18-15-26-20(22-18)16-5-2-1-3-6-16;;/h1-3,5-6,15,17,21H,4,7-14H2;2*1H. The first-order valence-electron chi connectivity index (χ1n) is 9.51. The van der Waals surface area contributed by atoms with Crippen LogP contribution in [0.2, 0.25) is 0 Å². The molecule has 4 rings (SSSR count). The molecule has 1 aromatic carbocycles. The summed E-state index contributed by atoms with van der Waals surface area (Å²) in [5.74, 6) is 0.309. The van der Waals surface area contributed by atoms with E-state index in [1.807, 2.05) is 23.1 Å². The number of hydrogen-bond acceptors (Lipinski definition) is 5. The number of amides is 1. The Balaban J connectivity index is 0.00000140. The second-order valence-corrected chi connectivity index (χ2v) is 8.02. The second kappa shape index (κ2) is 11.1. The molecule has 1 aromatic heterocycles. The van der Waals surface area contributed by atoms with E-state index in [0.29, 0.717) is 18.4 Å². The average Bonchev–Trinajstić information content (AvgIpc) is 3.35. The summed E-state index contributed by atoms with van der Waals surface area (Å²) in [4.78, 5) is 21.7. The number of carbonyl (C=O) groups excluding carboxylic acids is 1. The SMILES string of the molecule is Cl.Cl.O=C(CC1CCCN1)N1CCN(Cc2csc(-c3ccccc3)n2)CC1. The van der Waals surface area contributed by atoms with Gasteiger partial charge in [0, 0.05) is 56.1 Å². The normalized spacial score (nSPS) is 19.7. The highest BCUT2D eigenvalue weighted by Gasteiger charge is 2.25.